The SMILES string of the molecule is CCOc1ccc(S(=O)(=O)N[C@H](Cc2ccccc2)C(=O)Nc2ccc(Cl)cc2C(F)(F)F)cc1C. The van der Waals surface area contributed by atoms with Crippen molar-refractivity contribution in [2.45, 2.75) is 37.4 Å². The predicted octanol–water partition coefficient (Wildman–Crippen LogP) is 5.59. The Morgan fingerprint density at radius 1 is 1.06 bits per heavy atom. The number of rotatable bonds is 9. The van der Waals surface area contributed by atoms with Crippen molar-refractivity contribution in [2.75, 3.05) is 11.9 Å². The highest BCUT2D eigenvalue weighted by atomic mass is 35.5. The first-order chi connectivity index (χ1) is 16.9. The number of ether oxygens (including phenoxy) is 1. The van der Waals surface area contributed by atoms with Gasteiger partial charge in [0.25, 0.3) is 0 Å². The van der Waals surface area contributed by atoms with E-state index in [4.69, 9.17) is 16.3 Å². The summed E-state index contributed by atoms with van der Waals surface area (Å²) in [5.41, 5.74) is -0.506. The van der Waals surface area contributed by atoms with Crippen LogP contribution in [0.2, 0.25) is 5.02 Å². The lowest BCUT2D eigenvalue weighted by atomic mass is 10.1. The molecular weight excluding hydrogens is 517 g/mol. The number of carbonyl (C=O) groups excluding carboxylic acids is 1. The zero-order chi connectivity index (χ0) is 26.5. The fraction of sp³-hybridized carbons (Fsp3) is 0.240. The van der Waals surface area contributed by atoms with Crippen LogP contribution in [0, 0.1) is 6.92 Å². The van der Waals surface area contributed by atoms with Crippen molar-refractivity contribution >= 4 is 33.2 Å². The lowest BCUT2D eigenvalue weighted by Gasteiger charge is -2.21. The summed E-state index contributed by atoms with van der Waals surface area (Å²) in [5, 5.41) is 2.05. The van der Waals surface area contributed by atoms with E-state index in [1.807, 2.05) is 0 Å². The molecule has 0 spiro atoms. The molecule has 36 heavy (non-hydrogen) atoms. The predicted molar refractivity (Wildman–Crippen MR) is 132 cm³/mol. The number of alkyl halides is 3. The van der Waals surface area contributed by atoms with Gasteiger partial charge in [-0.15, -0.1) is 0 Å². The second kappa shape index (κ2) is 11.3. The lowest BCUT2D eigenvalue weighted by molar-refractivity contribution is -0.137. The molecule has 0 fully saturated rings. The Hall–Kier alpha value is -3.08. The average molecular weight is 541 g/mol. The van der Waals surface area contributed by atoms with Gasteiger partial charge >= 0.3 is 6.18 Å². The molecule has 0 heterocycles. The van der Waals surface area contributed by atoms with E-state index in [1.54, 1.807) is 44.2 Å². The van der Waals surface area contributed by atoms with Crippen molar-refractivity contribution in [3.8, 4) is 5.75 Å². The monoisotopic (exact) mass is 540 g/mol. The van der Waals surface area contributed by atoms with E-state index in [9.17, 15) is 26.4 Å². The highest BCUT2D eigenvalue weighted by molar-refractivity contribution is 7.89. The van der Waals surface area contributed by atoms with Crippen LogP contribution in [-0.2, 0) is 27.4 Å². The number of benzene rings is 3. The minimum Gasteiger partial charge on any atom is -0.494 e. The number of halogens is 4. The van der Waals surface area contributed by atoms with Crippen molar-refractivity contribution in [1.82, 2.24) is 4.72 Å². The molecule has 3 aromatic rings. The molecule has 2 N–H and O–H groups in total. The van der Waals surface area contributed by atoms with Crippen LogP contribution < -0.4 is 14.8 Å². The van der Waals surface area contributed by atoms with Crippen molar-refractivity contribution in [3.05, 3.63) is 88.4 Å². The van der Waals surface area contributed by atoms with Gasteiger partial charge in [-0.1, -0.05) is 41.9 Å². The first-order valence-corrected chi connectivity index (χ1v) is 12.7. The van der Waals surface area contributed by atoms with Crippen LogP contribution in [0.15, 0.2) is 71.6 Å². The minimum absolute atomic E-state index is 0.100. The molecule has 0 radical (unpaired) electrons. The molecule has 1 atom stereocenters. The van der Waals surface area contributed by atoms with Crippen molar-refractivity contribution < 1.29 is 31.1 Å². The Morgan fingerprint density at radius 3 is 2.36 bits per heavy atom. The van der Waals surface area contributed by atoms with E-state index in [0.29, 0.717) is 29.5 Å². The van der Waals surface area contributed by atoms with Gasteiger partial charge in [-0.25, -0.2) is 8.42 Å². The van der Waals surface area contributed by atoms with Crippen LogP contribution in [0.3, 0.4) is 0 Å². The van der Waals surface area contributed by atoms with Crippen LogP contribution in [0.5, 0.6) is 5.75 Å². The number of hydrogen-bond acceptors (Lipinski definition) is 4. The number of amides is 1. The number of nitrogens with one attached hydrogen (secondary N) is 2. The third-order valence-electron chi connectivity index (χ3n) is 5.20. The third-order valence-corrected chi connectivity index (χ3v) is 6.90. The molecule has 3 aromatic carbocycles. The number of aryl methyl sites for hydroxylation is 1. The van der Waals surface area contributed by atoms with Gasteiger partial charge < -0.3 is 10.1 Å². The molecule has 192 valence electrons. The molecule has 0 aliphatic heterocycles. The first-order valence-electron chi connectivity index (χ1n) is 10.9. The summed E-state index contributed by atoms with van der Waals surface area (Å²) in [6, 6.07) is 14.2. The molecule has 0 aliphatic carbocycles. The molecule has 3 rings (SSSR count). The number of anilines is 1. The third kappa shape index (κ3) is 6.99. The van der Waals surface area contributed by atoms with Gasteiger partial charge in [0.15, 0.2) is 0 Å². The summed E-state index contributed by atoms with van der Waals surface area (Å²) < 4.78 is 74.6. The fourth-order valence-electron chi connectivity index (χ4n) is 3.48. The van der Waals surface area contributed by atoms with E-state index < -0.39 is 39.4 Å². The van der Waals surface area contributed by atoms with E-state index >= 15 is 0 Å². The number of hydrogen-bond donors (Lipinski definition) is 2. The number of carbonyl (C=O) groups is 1. The fourth-order valence-corrected chi connectivity index (χ4v) is 4.93. The Labute approximate surface area is 212 Å². The van der Waals surface area contributed by atoms with E-state index in [-0.39, 0.29) is 16.3 Å². The van der Waals surface area contributed by atoms with Crippen molar-refractivity contribution in [2.24, 2.45) is 0 Å². The molecule has 0 aromatic heterocycles. The normalized spacial score (nSPS) is 12.7. The van der Waals surface area contributed by atoms with E-state index in [1.165, 1.54) is 24.3 Å². The summed E-state index contributed by atoms with van der Waals surface area (Å²) in [6.45, 7) is 3.87. The molecule has 1 amide bonds. The summed E-state index contributed by atoms with van der Waals surface area (Å²) in [6.07, 6.45) is -4.89. The van der Waals surface area contributed by atoms with Gasteiger partial charge in [0, 0.05) is 5.02 Å². The van der Waals surface area contributed by atoms with E-state index in [2.05, 4.69) is 10.0 Å². The number of sulfonamides is 1. The average Bonchev–Trinajstić information content (AvgIpc) is 2.81. The van der Waals surface area contributed by atoms with Gasteiger partial charge in [-0.05, 0) is 67.8 Å². The molecule has 6 nitrogen and oxygen atoms in total. The maximum atomic E-state index is 13.5. The summed E-state index contributed by atoms with van der Waals surface area (Å²) in [5.74, 6) is -0.449. The topological polar surface area (TPSA) is 84.5 Å². The van der Waals surface area contributed by atoms with Gasteiger partial charge in [0.1, 0.15) is 11.8 Å². The molecule has 11 heteroatoms. The van der Waals surface area contributed by atoms with Gasteiger partial charge in [0.2, 0.25) is 15.9 Å². The first kappa shape index (κ1) is 27.5. The van der Waals surface area contributed by atoms with E-state index in [0.717, 1.165) is 6.07 Å². The Morgan fingerprint density at radius 2 is 1.75 bits per heavy atom. The Balaban J connectivity index is 1.94. The maximum Gasteiger partial charge on any atom is 0.418 e. The van der Waals surface area contributed by atoms with Gasteiger partial charge in [-0.2, -0.15) is 17.9 Å². The quantitative estimate of drug-likeness (QED) is 0.370. The largest absolute Gasteiger partial charge is 0.494 e. The molecule has 0 unspecified atom stereocenters. The highest BCUT2D eigenvalue weighted by Crippen LogP contribution is 2.36. The zero-order valence-electron chi connectivity index (χ0n) is 19.4. The Bertz CT molecular complexity index is 1330. The minimum atomic E-state index is -4.79. The van der Waals surface area contributed by atoms with Crippen molar-refractivity contribution in [1.29, 1.82) is 0 Å². The lowest BCUT2D eigenvalue weighted by Crippen LogP contribution is -2.45. The Kier molecular flexibility index (Phi) is 8.65. The van der Waals surface area contributed by atoms with Crippen LogP contribution in [-0.4, -0.2) is 27.0 Å². The van der Waals surface area contributed by atoms with Gasteiger partial charge in [0.05, 0.1) is 22.8 Å². The molecule has 0 aliphatic rings. The second-order valence-corrected chi connectivity index (χ2v) is 10.1. The van der Waals surface area contributed by atoms with Crippen molar-refractivity contribution in [3.63, 3.8) is 0 Å². The standard InChI is InChI=1S/C25H24ClF3N2O4S/c1-3-35-23-12-10-19(13-16(23)2)36(33,34)31-22(14-17-7-5-4-6-8-17)24(32)30-21-11-9-18(26)15-20(21)25(27,28)29/h4-13,15,22,31H,3,14H2,1-2H3,(H,30,32)/t22-/m1/s1. The molecule has 0 bridgehead atoms. The van der Waals surface area contributed by atoms with Crippen LogP contribution in [0.1, 0.15) is 23.6 Å². The smallest absolute Gasteiger partial charge is 0.418 e. The van der Waals surface area contributed by atoms with Gasteiger partial charge in [-0.3, -0.25) is 4.79 Å². The van der Waals surface area contributed by atoms with Crippen LogP contribution in [0.4, 0.5) is 18.9 Å². The maximum absolute atomic E-state index is 13.5. The van der Waals surface area contributed by atoms with Crippen LogP contribution >= 0.6 is 11.6 Å². The summed E-state index contributed by atoms with van der Waals surface area (Å²) in [4.78, 5) is 13.0. The van der Waals surface area contributed by atoms with Crippen LogP contribution in [0.25, 0.3) is 0 Å². The molecular formula is C25H24ClF3N2O4S. The molecule has 0 saturated carbocycles. The highest BCUT2D eigenvalue weighted by Gasteiger charge is 2.35. The molecule has 0 saturated heterocycles. The summed E-state index contributed by atoms with van der Waals surface area (Å²) >= 11 is 5.71. The summed E-state index contributed by atoms with van der Waals surface area (Å²) in [7, 11) is -4.23. The second-order valence-electron chi connectivity index (χ2n) is 7.90. The zero-order valence-corrected chi connectivity index (χ0v) is 21.0.